The minimum absolute atomic E-state index is 0.0868. The van der Waals surface area contributed by atoms with Gasteiger partial charge in [-0.2, -0.15) is 0 Å². The Balaban J connectivity index is 1.94. The van der Waals surface area contributed by atoms with Gasteiger partial charge in [0.15, 0.2) is 0 Å². The predicted octanol–water partition coefficient (Wildman–Crippen LogP) is 4.00. The first kappa shape index (κ1) is 19.5. The number of anilines is 2. The molecule has 0 saturated heterocycles. The molecule has 2 rings (SSSR count). The van der Waals surface area contributed by atoms with Gasteiger partial charge in [-0.15, -0.1) is 0 Å². The van der Waals surface area contributed by atoms with Crippen LogP contribution in [0.25, 0.3) is 0 Å². The first-order valence-electron chi connectivity index (χ1n) is 9.06. The Morgan fingerprint density at radius 2 is 1.69 bits per heavy atom. The van der Waals surface area contributed by atoms with Crippen molar-refractivity contribution in [3.63, 3.8) is 0 Å². The number of amides is 2. The Morgan fingerprint density at radius 1 is 1.00 bits per heavy atom. The Bertz CT molecular complexity index is 741. The molecule has 1 unspecified atom stereocenters. The van der Waals surface area contributed by atoms with Gasteiger partial charge in [0, 0.05) is 17.9 Å². The number of benzene rings is 2. The van der Waals surface area contributed by atoms with Crippen LogP contribution < -0.4 is 16.0 Å². The third-order valence-corrected chi connectivity index (χ3v) is 4.32. The molecule has 0 spiro atoms. The lowest BCUT2D eigenvalue weighted by Crippen LogP contribution is -2.26. The largest absolute Gasteiger partial charge is 0.376 e. The summed E-state index contributed by atoms with van der Waals surface area (Å²) in [7, 11) is 0. The van der Waals surface area contributed by atoms with E-state index in [9.17, 15) is 9.59 Å². The standard InChI is InChI=1S/C21H27N3O2/c1-4-15(3)16-10-12-17(13-11-16)24-20(25)14-23-19-9-7-6-8-18(19)21(26)22-5-2/h6-13,15,23H,4-5,14H2,1-3H3,(H,22,26)(H,24,25). The van der Waals surface area contributed by atoms with Gasteiger partial charge in [0.1, 0.15) is 0 Å². The van der Waals surface area contributed by atoms with Crippen molar-refractivity contribution in [1.29, 1.82) is 0 Å². The van der Waals surface area contributed by atoms with Crippen molar-refractivity contribution < 1.29 is 9.59 Å². The zero-order valence-electron chi connectivity index (χ0n) is 15.6. The molecule has 0 aliphatic rings. The average molecular weight is 353 g/mol. The molecule has 0 aliphatic heterocycles. The van der Waals surface area contributed by atoms with Crippen LogP contribution in [0.4, 0.5) is 11.4 Å². The van der Waals surface area contributed by atoms with Crippen molar-refractivity contribution in [3.8, 4) is 0 Å². The van der Waals surface area contributed by atoms with E-state index in [1.807, 2.05) is 37.3 Å². The van der Waals surface area contributed by atoms with Crippen LogP contribution in [0.2, 0.25) is 0 Å². The smallest absolute Gasteiger partial charge is 0.253 e. The topological polar surface area (TPSA) is 70.2 Å². The number of nitrogens with one attached hydrogen (secondary N) is 3. The van der Waals surface area contributed by atoms with Gasteiger partial charge in [-0.1, -0.05) is 38.1 Å². The summed E-state index contributed by atoms with van der Waals surface area (Å²) in [6, 6.07) is 15.1. The van der Waals surface area contributed by atoms with E-state index >= 15 is 0 Å². The molecule has 26 heavy (non-hydrogen) atoms. The third kappa shape index (κ3) is 5.34. The van der Waals surface area contributed by atoms with Crippen LogP contribution in [0, 0.1) is 0 Å². The maximum absolute atomic E-state index is 12.2. The predicted molar refractivity (Wildman–Crippen MR) is 107 cm³/mol. The molecule has 2 aromatic carbocycles. The third-order valence-electron chi connectivity index (χ3n) is 4.32. The first-order chi connectivity index (χ1) is 12.5. The van der Waals surface area contributed by atoms with Crippen molar-refractivity contribution >= 4 is 23.2 Å². The number of para-hydroxylation sites is 1. The van der Waals surface area contributed by atoms with Gasteiger partial charge in [0.2, 0.25) is 5.91 Å². The number of carbonyl (C=O) groups excluding carboxylic acids is 2. The van der Waals surface area contributed by atoms with Crippen LogP contribution in [-0.4, -0.2) is 24.9 Å². The number of hydrogen-bond acceptors (Lipinski definition) is 3. The fourth-order valence-corrected chi connectivity index (χ4v) is 2.60. The first-order valence-corrected chi connectivity index (χ1v) is 9.06. The second-order valence-corrected chi connectivity index (χ2v) is 6.24. The molecule has 3 N–H and O–H groups in total. The number of hydrogen-bond donors (Lipinski definition) is 3. The number of carbonyl (C=O) groups is 2. The highest BCUT2D eigenvalue weighted by Gasteiger charge is 2.11. The second-order valence-electron chi connectivity index (χ2n) is 6.24. The van der Waals surface area contributed by atoms with Crippen LogP contribution in [0.5, 0.6) is 0 Å². The molecule has 0 radical (unpaired) electrons. The van der Waals surface area contributed by atoms with Crippen LogP contribution in [0.15, 0.2) is 48.5 Å². The average Bonchev–Trinajstić information content (AvgIpc) is 2.66. The van der Waals surface area contributed by atoms with Gasteiger partial charge in [-0.3, -0.25) is 9.59 Å². The maximum Gasteiger partial charge on any atom is 0.253 e. The van der Waals surface area contributed by atoms with Crippen molar-refractivity contribution in [3.05, 3.63) is 59.7 Å². The normalized spacial score (nSPS) is 11.5. The van der Waals surface area contributed by atoms with Gasteiger partial charge < -0.3 is 16.0 Å². The Morgan fingerprint density at radius 3 is 2.35 bits per heavy atom. The minimum atomic E-state index is -0.160. The summed E-state index contributed by atoms with van der Waals surface area (Å²) < 4.78 is 0. The molecular formula is C21H27N3O2. The highest BCUT2D eigenvalue weighted by molar-refractivity contribution is 6.00. The van der Waals surface area contributed by atoms with Gasteiger partial charge >= 0.3 is 0 Å². The van der Waals surface area contributed by atoms with Crippen LogP contribution >= 0.6 is 0 Å². The Hall–Kier alpha value is -2.82. The number of rotatable bonds is 8. The van der Waals surface area contributed by atoms with Crippen LogP contribution in [-0.2, 0) is 4.79 Å². The minimum Gasteiger partial charge on any atom is -0.376 e. The van der Waals surface area contributed by atoms with Gasteiger partial charge in [-0.05, 0) is 49.1 Å². The quantitative estimate of drug-likeness (QED) is 0.672. The Kier molecular flexibility index (Phi) is 7.21. The SMILES string of the molecule is CCNC(=O)c1ccccc1NCC(=O)Nc1ccc(C(C)CC)cc1. The fourth-order valence-electron chi connectivity index (χ4n) is 2.60. The molecule has 0 heterocycles. The van der Waals surface area contributed by atoms with E-state index in [4.69, 9.17) is 0 Å². The highest BCUT2D eigenvalue weighted by atomic mass is 16.2. The van der Waals surface area contributed by atoms with E-state index in [2.05, 4.69) is 29.8 Å². The van der Waals surface area contributed by atoms with E-state index < -0.39 is 0 Å². The molecule has 5 nitrogen and oxygen atoms in total. The maximum atomic E-state index is 12.2. The summed E-state index contributed by atoms with van der Waals surface area (Å²) in [5.74, 6) is 0.191. The molecule has 138 valence electrons. The summed E-state index contributed by atoms with van der Waals surface area (Å²) in [5, 5.41) is 8.68. The van der Waals surface area contributed by atoms with E-state index in [1.54, 1.807) is 18.2 Å². The van der Waals surface area contributed by atoms with Crippen LogP contribution in [0.1, 0.15) is 49.0 Å². The molecular weight excluding hydrogens is 326 g/mol. The second kappa shape index (κ2) is 9.61. The lowest BCUT2D eigenvalue weighted by molar-refractivity contribution is -0.114. The Labute approximate surface area is 155 Å². The van der Waals surface area contributed by atoms with Gasteiger partial charge in [0.05, 0.1) is 12.1 Å². The van der Waals surface area contributed by atoms with Crippen molar-refractivity contribution in [2.24, 2.45) is 0 Å². The van der Waals surface area contributed by atoms with Crippen molar-refractivity contribution in [2.45, 2.75) is 33.1 Å². The molecule has 1 atom stereocenters. The van der Waals surface area contributed by atoms with Crippen LogP contribution in [0.3, 0.4) is 0 Å². The van der Waals surface area contributed by atoms with E-state index in [1.165, 1.54) is 5.56 Å². The molecule has 2 aromatic rings. The molecule has 5 heteroatoms. The van der Waals surface area contributed by atoms with Crippen molar-refractivity contribution in [2.75, 3.05) is 23.7 Å². The van der Waals surface area contributed by atoms with E-state index in [-0.39, 0.29) is 18.4 Å². The molecule has 2 amide bonds. The summed E-state index contributed by atoms with van der Waals surface area (Å²) in [5.41, 5.74) is 3.20. The molecule has 0 fully saturated rings. The zero-order valence-corrected chi connectivity index (χ0v) is 15.6. The fraction of sp³-hybridized carbons (Fsp3) is 0.333. The van der Waals surface area contributed by atoms with E-state index in [0.717, 1.165) is 12.1 Å². The van der Waals surface area contributed by atoms with Gasteiger partial charge in [-0.25, -0.2) is 0 Å². The van der Waals surface area contributed by atoms with E-state index in [0.29, 0.717) is 23.7 Å². The molecule has 0 saturated carbocycles. The zero-order chi connectivity index (χ0) is 18.9. The highest BCUT2D eigenvalue weighted by Crippen LogP contribution is 2.20. The summed E-state index contributed by atoms with van der Waals surface area (Å²) >= 11 is 0. The summed E-state index contributed by atoms with van der Waals surface area (Å²) in [6.07, 6.45) is 1.08. The summed E-state index contributed by atoms with van der Waals surface area (Å²) in [6.45, 7) is 6.85. The monoisotopic (exact) mass is 353 g/mol. The van der Waals surface area contributed by atoms with Gasteiger partial charge in [0.25, 0.3) is 5.91 Å². The van der Waals surface area contributed by atoms with Crippen molar-refractivity contribution in [1.82, 2.24) is 5.32 Å². The molecule has 0 aliphatic carbocycles. The lowest BCUT2D eigenvalue weighted by Gasteiger charge is -2.13. The molecule has 0 bridgehead atoms. The summed E-state index contributed by atoms with van der Waals surface area (Å²) in [4.78, 5) is 24.3. The molecule has 0 aromatic heterocycles. The lowest BCUT2D eigenvalue weighted by atomic mass is 9.99.